The number of fused-ring (bicyclic) bond motifs is 1. The van der Waals surface area contributed by atoms with Gasteiger partial charge < -0.3 is 9.72 Å². The quantitative estimate of drug-likeness (QED) is 0.723. The summed E-state index contributed by atoms with van der Waals surface area (Å²) < 4.78 is 6.09. The molecule has 0 spiro atoms. The lowest BCUT2D eigenvalue weighted by Crippen LogP contribution is -2.27. The summed E-state index contributed by atoms with van der Waals surface area (Å²) in [5.41, 5.74) is 2.87. The summed E-state index contributed by atoms with van der Waals surface area (Å²) >= 11 is 1.45. The van der Waals surface area contributed by atoms with E-state index in [1.54, 1.807) is 27.8 Å². The fourth-order valence-electron chi connectivity index (χ4n) is 2.73. The number of para-hydroxylation sites is 1. The van der Waals surface area contributed by atoms with Gasteiger partial charge in [0, 0.05) is 12.7 Å². The minimum absolute atomic E-state index is 0.241. The molecule has 0 aliphatic carbocycles. The van der Waals surface area contributed by atoms with Crippen molar-refractivity contribution in [2.24, 2.45) is 0 Å². The van der Waals surface area contributed by atoms with E-state index >= 15 is 0 Å². The number of aryl methyl sites for hydroxylation is 1. The van der Waals surface area contributed by atoms with Crippen molar-refractivity contribution in [2.75, 3.05) is 18.6 Å². The van der Waals surface area contributed by atoms with Crippen molar-refractivity contribution >= 4 is 38.6 Å². The number of ether oxygens (including phenoxy) is 1. The Labute approximate surface area is 149 Å². The number of anilines is 1. The van der Waals surface area contributed by atoms with Crippen molar-refractivity contribution in [2.45, 2.75) is 20.8 Å². The van der Waals surface area contributed by atoms with Gasteiger partial charge in [-0.2, -0.15) is 0 Å². The third-order valence-corrected chi connectivity index (χ3v) is 5.12. The van der Waals surface area contributed by atoms with Gasteiger partial charge in [0.05, 0.1) is 22.4 Å². The molecule has 0 bridgehead atoms. The maximum absolute atomic E-state index is 12.9. The Morgan fingerprint density at radius 2 is 2.00 bits per heavy atom. The predicted molar refractivity (Wildman–Crippen MR) is 98.6 cm³/mol. The largest absolute Gasteiger partial charge is 0.462 e. The number of nitrogens with one attached hydrogen (secondary N) is 1. The second-order valence-electron chi connectivity index (χ2n) is 5.67. The van der Waals surface area contributed by atoms with E-state index in [9.17, 15) is 9.59 Å². The van der Waals surface area contributed by atoms with Crippen LogP contribution in [0.25, 0.3) is 10.2 Å². The molecular weight excluding hydrogens is 338 g/mol. The minimum atomic E-state index is -0.421. The lowest BCUT2D eigenvalue weighted by Gasteiger charge is -2.13. The molecule has 130 valence electrons. The fraction of sp³-hybridized carbons (Fsp3) is 0.278. The zero-order chi connectivity index (χ0) is 18.1. The molecule has 1 amide bonds. The van der Waals surface area contributed by atoms with Crippen LogP contribution < -0.4 is 4.90 Å². The molecule has 0 unspecified atom stereocenters. The van der Waals surface area contributed by atoms with Crippen molar-refractivity contribution in [3.8, 4) is 0 Å². The summed E-state index contributed by atoms with van der Waals surface area (Å²) in [6, 6.07) is 7.74. The molecule has 0 saturated carbocycles. The highest BCUT2D eigenvalue weighted by Crippen LogP contribution is 2.29. The first kappa shape index (κ1) is 17.2. The number of hydrogen-bond donors (Lipinski definition) is 1. The molecule has 2 heterocycles. The van der Waals surface area contributed by atoms with Gasteiger partial charge in [-0.05, 0) is 38.5 Å². The maximum atomic E-state index is 12.9. The van der Waals surface area contributed by atoms with E-state index in [0.717, 1.165) is 10.2 Å². The number of carbonyl (C=O) groups excluding carboxylic acids is 2. The Balaban J connectivity index is 1.95. The first-order valence-corrected chi connectivity index (χ1v) is 8.75. The van der Waals surface area contributed by atoms with E-state index in [-0.39, 0.29) is 12.5 Å². The minimum Gasteiger partial charge on any atom is -0.462 e. The zero-order valence-corrected chi connectivity index (χ0v) is 15.4. The number of nitrogens with zero attached hydrogens (tertiary/aromatic N) is 2. The maximum Gasteiger partial charge on any atom is 0.340 e. The monoisotopic (exact) mass is 357 g/mol. The highest BCUT2D eigenvalue weighted by Gasteiger charge is 2.26. The molecule has 3 rings (SSSR count). The Bertz CT molecular complexity index is 925. The van der Waals surface area contributed by atoms with Crippen molar-refractivity contribution < 1.29 is 14.3 Å². The molecule has 0 aliphatic rings. The molecule has 25 heavy (non-hydrogen) atoms. The van der Waals surface area contributed by atoms with Crippen molar-refractivity contribution in [1.82, 2.24) is 9.97 Å². The van der Waals surface area contributed by atoms with Gasteiger partial charge in [-0.25, -0.2) is 9.78 Å². The normalized spacial score (nSPS) is 10.9. The standard InChI is InChI=1S/C18H19N3O3S/c1-5-24-17(23)14-10(2)15(19-11(14)3)16(22)21(4)18-20-12-8-6-7-9-13(12)25-18/h6-9,19H,5H2,1-4H3. The van der Waals surface area contributed by atoms with E-state index in [4.69, 9.17) is 4.74 Å². The van der Waals surface area contributed by atoms with Crippen LogP contribution in [-0.2, 0) is 4.74 Å². The molecule has 3 aromatic rings. The number of thiazole rings is 1. The van der Waals surface area contributed by atoms with Gasteiger partial charge >= 0.3 is 5.97 Å². The van der Waals surface area contributed by atoms with E-state index < -0.39 is 5.97 Å². The van der Waals surface area contributed by atoms with Gasteiger partial charge in [-0.3, -0.25) is 9.69 Å². The fourth-order valence-corrected chi connectivity index (χ4v) is 3.66. The third kappa shape index (κ3) is 3.02. The second kappa shape index (κ2) is 6.68. The molecule has 1 aromatic carbocycles. The Morgan fingerprint density at radius 3 is 2.68 bits per heavy atom. The topological polar surface area (TPSA) is 75.3 Å². The Hall–Kier alpha value is -2.67. The smallest absolute Gasteiger partial charge is 0.340 e. The number of amides is 1. The lowest BCUT2D eigenvalue weighted by molar-refractivity contribution is 0.0525. The van der Waals surface area contributed by atoms with Crippen LogP contribution in [0.15, 0.2) is 24.3 Å². The Kier molecular flexibility index (Phi) is 4.59. The number of carbonyl (C=O) groups is 2. The Morgan fingerprint density at radius 1 is 1.28 bits per heavy atom. The summed E-state index contributed by atoms with van der Waals surface area (Å²) in [7, 11) is 1.68. The van der Waals surface area contributed by atoms with Crippen LogP contribution in [0.4, 0.5) is 5.13 Å². The van der Waals surface area contributed by atoms with Gasteiger partial charge in [0.1, 0.15) is 5.69 Å². The summed E-state index contributed by atoms with van der Waals surface area (Å²) in [5, 5.41) is 0.607. The second-order valence-corrected chi connectivity index (χ2v) is 6.68. The molecule has 6 nitrogen and oxygen atoms in total. The predicted octanol–water partition coefficient (Wildman–Crippen LogP) is 3.69. The highest BCUT2D eigenvalue weighted by atomic mass is 32.1. The van der Waals surface area contributed by atoms with Crippen LogP contribution in [0.1, 0.15) is 39.0 Å². The number of esters is 1. The van der Waals surface area contributed by atoms with Crippen LogP contribution in [0, 0.1) is 13.8 Å². The molecule has 0 saturated heterocycles. The average molecular weight is 357 g/mol. The van der Waals surface area contributed by atoms with Crippen LogP contribution in [0.3, 0.4) is 0 Å². The SMILES string of the molecule is CCOC(=O)c1c(C)[nH]c(C(=O)N(C)c2nc3ccccc3s2)c1C. The van der Waals surface area contributed by atoms with Crippen molar-refractivity contribution in [3.05, 3.63) is 46.8 Å². The first-order chi connectivity index (χ1) is 11.9. The van der Waals surface area contributed by atoms with Crippen molar-refractivity contribution in [1.29, 1.82) is 0 Å². The summed E-state index contributed by atoms with van der Waals surface area (Å²) in [5.74, 6) is -0.661. The van der Waals surface area contributed by atoms with Gasteiger partial charge in [-0.15, -0.1) is 0 Å². The van der Waals surface area contributed by atoms with Crippen LogP contribution >= 0.6 is 11.3 Å². The number of rotatable bonds is 4. The van der Waals surface area contributed by atoms with E-state index in [1.807, 2.05) is 24.3 Å². The van der Waals surface area contributed by atoms with Crippen LogP contribution in [0.5, 0.6) is 0 Å². The number of benzene rings is 1. The molecule has 0 fully saturated rings. The molecule has 0 radical (unpaired) electrons. The van der Waals surface area contributed by atoms with E-state index in [1.165, 1.54) is 16.2 Å². The number of hydrogen-bond acceptors (Lipinski definition) is 5. The summed E-state index contributed by atoms with van der Waals surface area (Å²) in [6.07, 6.45) is 0. The first-order valence-electron chi connectivity index (χ1n) is 7.94. The molecule has 2 aromatic heterocycles. The van der Waals surface area contributed by atoms with Gasteiger partial charge in [-0.1, -0.05) is 23.5 Å². The van der Waals surface area contributed by atoms with Gasteiger partial charge in [0.15, 0.2) is 5.13 Å². The van der Waals surface area contributed by atoms with Crippen molar-refractivity contribution in [3.63, 3.8) is 0 Å². The molecule has 1 N–H and O–H groups in total. The lowest BCUT2D eigenvalue weighted by atomic mass is 10.1. The molecule has 0 aliphatic heterocycles. The molecular formula is C18H19N3O3S. The molecule has 7 heteroatoms. The summed E-state index contributed by atoms with van der Waals surface area (Å²) in [4.78, 5) is 34.0. The number of aromatic amines is 1. The van der Waals surface area contributed by atoms with E-state index in [0.29, 0.717) is 27.6 Å². The average Bonchev–Trinajstić information content (AvgIpc) is 3.14. The molecule has 0 atom stereocenters. The highest BCUT2D eigenvalue weighted by molar-refractivity contribution is 7.22. The van der Waals surface area contributed by atoms with Gasteiger partial charge in [0.25, 0.3) is 5.91 Å². The van der Waals surface area contributed by atoms with Crippen LogP contribution in [0.2, 0.25) is 0 Å². The van der Waals surface area contributed by atoms with E-state index in [2.05, 4.69) is 9.97 Å². The number of aromatic nitrogens is 2. The third-order valence-electron chi connectivity index (χ3n) is 4.01. The zero-order valence-electron chi connectivity index (χ0n) is 14.5. The summed E-state index contributed by atoms with van der Waals surface area (Å²) in [6.45, 7) is 5.54. The van der Waals surface area contributed by atoms with Gasteiger partial charge in [0.2, 0.25) is 0 Å². The number of H-pyrrole nitrogens is 1. The van der Waals surface area contributed by atoms with Crippen LogP contribution in [-0.4, -0.2) is 35.5 Å².